The zero-order chi connectivity index (χ0) is 19.9. The van der Waals surface area contributed by atoms with E-state index in [2.05, 4.69) is 79.1 Å². The van der Waals surface area contributed by atoms with Crippen LogP contribution in [0.25, 0.3) is 0 Å². The number of piperazine rings is 1. The van der Waals surface area contributed by atoms with Gasteiger partial charge in [0.1, 0.15) is 18.5 Å². The molecule has 4 heteroatoms. The molecule has 1 saturated heterocycles. The fourth-order valence-corrected chi connectivity index (χ4v) is 3.75. The molecule has 28 heavy (non-hydrogen) atoms. The number of benzene rings is 2. The number of ether oxygens (including phenoxy) is 1. The van der Waals surface area contributed by atoms with Crippen LogP contribution in [0.2, 0.25) is 0 Å². The SMILES string of the molecule is Cc1ccc(C(C)C)c(OCC(O)CN2CCN(Cc3ccccc3)CC2)c1. The Bertz CT molecular complexity index is 725. The summed E-state index contributed by atoms with van der Waals surface area (Å²) in [5, 5.41) is 10.5. The molecule has 0 aromatic heterocycles. The zero-order valence-corrected chi connectivity index (χ0v) is 17.5. The maximum absolute atomic E-state index is 10.5. The van der Waals surface area contributed by atoms with Gasteiger partial charge < -0.3 is 9.84 Å². The summed E-state index contributed by atoms with van der Waals surface area (Å²) >= 11 is 0. The maximum Gasteiger partial charge on any atom is 0.123 e. The van der Waals surface area contributed by atoms with Gasteiger partial charge in [-0.25, -0.2) is 0 Å². The summed E-state index contributed by atoms with van der Waals surface area (Å²) in [5.41, 5.74) is 3.75. The standard InChI is InChI=1S/C24H34N2O2/c1-19(2)23-10-9-20(3)15-24(23)28-18-22(27)17-26-13-11-25(12-14-26)16-21-7-5-4-6-8-21/h4-10,15,19,22,27H,11-14,16-18H2,1-3H3. The second kappa shape index (κ2) is 10.1. The van der Waals surface area contributed by atoms with Gasteiger partial charge in [0.25, 0.3) is 0 Å². The molecule has 0 spiro atoms. The number of aryl methyl sites for hydroxylation is 1. The molecule has 2 aromatic rings. The van der Waals surface area contributed by atoms with Crippen LogP contribution < -0.4 is 4.74 Å². The van der Waals surface area contributed by atoms with Gasteiger partial charge >= 0.3 is 0 Å². The van der Waals surface area contributed by atoms with E-state index >= 15 is 0 Å². The first-order valence-corrected chi connectivity index (χ1v) is 10.4. The topological polar surface area (TPSA) is 35.9 Å². The minimum absolute atomic E-state index is 0.341. The molecular formula is C24H34N2O2. The van der Waals surface area contributed by atoms with E-state index in [0.717, 1.165) is 38.5 Å². The average Bonchev–Trinajstić information content (AvgIpc) is 2.68. The van der Waals surface area contributed by atoms with Gasteiger partial charge in [-0.15, -0.1) is 0 Å². The van der Waals surface area contributed by atoms with E-state index in [1.807, 2.05) is 0 Å². The van der Waals surface area contributed by atoms with E-state index in [1.165, 1.54) is 16.7 Å². The van der Waals surface area contributed by atoms with Crippen LogP contribution in [0.3, 0.4) is 0 Å². The Morgan fingerprint density at radius 1 is 0.964 bits per heavy atom. The highest BCUT2D eigenvalue weighted by Crippen LogP contribution is 2.27. The number of hydrogen-bond acceptors (Lipinski definition) is 4. The molecule has 4 nitrogen and oxygen atoms in total. The number of rotatable bonds is 8. The highest BCUT2D eigenvalue weighted by Gasteiger charge is 2.20. The number of β-amino-alcohol motifs (C(OH)–C–C–N with tert-alkyl or cyclic N) is 1. The summed E-state index contributed by atoms with van der Waals surface area (Å²) in [6, 6.07) is 17.0. The van der Waals surface area contributed by atoms with Crippen molar-refractivity contribution in [1.29, 1.82) is 0 Å². The molecule has 1 atom stereocenters. The molecule has 1 N–H and O–H groups in total. The van der Waals surface area contributed by atoms with E-state index in [1.54, 1.807) is 0 Å². The molecule has 1 aliphatic rings. The van der Waals surface area contributed by atoms with Crippen molar-refractivity contribution in [3.63, 3.8) is 0 Å². The Morgan fingerprint density at radius 2 is 1.64 bits per heavy atom. The van der Waals surface area contributed by atoms with Crippen LogP contribution in [0.5, 0.6) is 5.75 Å². The van der Waals surface area contributed by atoms with Gasteiger partial charge in [0, 0.05) is 39.3 Å². The Kier molecular flexibility index (Phi) is 7.49. The van der Waals surface area contributed by atoms with Gasteiger partial charge in [0.15, 0.2) is 0 Å². The van der Waals surface area contributed by atoms with Crippen LogP contribution in [0, 0.1) is 6.92 Å². The number of nitrogens with zero attached hydrogens (tertiary/aromatic N) is 2. The van der Waals surface area contributed by atoms with Gasteiger partial charge in [-0.05, 0) is 35.6 Å². The summed E-state index contributed by atoms with van der Waals surface area (Å²) in [7, 11) is 0. The predicted molar refractivity (Wildman–Crippen MR) is 115 cm³/mol. The third kappa shape index (κ3) is 6.06. The van der Waals surface area contributed by atoms with Gasteiger partial charge in [-0.1, -0.05) is 56.3 Å². The van der Waals surface area contributed by atoms with Gasteiger partial charge in [0.05, 0.1) is 0 Å². The molecule has 1 unspecified atom stereocenters. The molecule has 0 bridgehead atoms. The van der Waals surface area contributed by atoms with Crippen molar-refractivity contribution < 1.29 is 9.84 Å². The Morgan fingerprint density at radius 3 is 2.32 bits per heavy atom. The first kappa shape index (κ1) is 20.8. The van der Waals surface area contributed by atoms with Crippen LogP contribution in [0.15, 0.2) is 48.5 Å². The molecule has 2 aromatic carbocycles. The second-order valence-electron chi connectivity index (χ2n) is 8.22. The van der Waals surface area contributed by atoms with Crippen molar-refractivity contribution in [3.8, 4) is 5.75 Å². The van der Waals surface area contributed by atoms with Crippen LogP contribution in [0.1, 0.15) is 36.5 Å². The monoisotopic (exact) mass is 382 g/mol. The summed E-state index contributed by atoms with van der Waals surface area (Å²) in [5.74, 6) is 1.31. The summed E-state index contributed by atoms with van der Waals surface area (Å²) in [6.07, 6.45) is -0.471. The largest absolute Gasteiger partial charge is 0.491 e. The summed E-state index contributed by atoms with van der Waals surface area (Å²) in [6.45, 7) is 12.5. The van der Waals surface area contributed by atoms with E-state index < -0.39 is 6.10 Å². The van der Waals surface area contributed by atoms with Crippen molar-refractivity contribution in [2.24, 2.45) is 0 Å². The quantitative estimate of drug-likeness (QED) is 0.756. The van der Waals surface area contributed by atoms with Crippen molar-refractivity contribution in [3.05, 3.63) is 65.2 Å². The lowest BCUT2D eigenvalue weighted by molar-refractivity contribution is 0.0443. The maximum atomic E-state index is 10.5. The zero-order valence-electron chi connectivity index (χ0n) is 17.5. The molecule has 0 saturated carbocycles. The van der Waals surface area contributed by atoms with Crippen LogP contribution in [0.4, 0.5) is 0 Å². The van der Waals surface area contributed by atoms with E-state index in [9.17, 15) is 5.11 Å². The van der Waals surface area contributed by atoms with Crippen molar-refractivity contribution in [1.82, 2.24) is 9.80 Å². The fourth-order valence-electron chi connectivity index (χ4n) is 3.75. The second-order valence-corrected chi connectivity index (χ2v) is 8.22. The van der Waals surface area contributed by atoms with Crippen molar-refractivity contribution in [2.45, 2.75) is 39.3 Å². The van der Waals surface area contributed by atoms with Crippen molar-refractivity contribution in [2.75, 3.05) is 39.3 Å². The Balaban J connectivity index is 1.43. The molecule has 152 valence electrons. The molecule has 0 radical (unpaired) electrons. The minimum atomic E-state index is -0.471. The third-order valence-corrected chi connectivity index (χ3v) is 5.41. The van der Waals surface area contributed by atoms with E-state index in [0.29, 0.717) is 19.1 Å². The molecule has 1 fully saturated rings. The Labute approximate surface area is 169 Å². The lowest BCUT2D eigenvalue weighted by Crippen LogP contribution is -2.48. The average molecular weight is 383 g/mol. The molecule has 0 aliphatic carbocycles. The number of aliphatic hydroxyl groups is 1. The molecule has 1 heterocycles. The van der Waals surface area contributed by atoms with Crippen LogP contribution in [-0.4, -0.2) is 60.3 Å². The van der Waals surface area contributed by atoms with Crippen LogP contribution in [-0.2, 0) is 6.54 Å². The molecular weight excluding hydrogens is 348 g/mol. The molecule has 1 aliphatic heterocycles. The highest BCUT2D eigenvalue weighted by atomic mass is 16.5. The Hall–Kier alpha value is -1.88. The number of hydrogen-bond donors (Lipinski definition) is 1. The van der Waals surface area contributed by atoms with Gasteiger partial charge in [-0.3, -0.25) is 9.80 Å². The first-order valence-electron chi connectivity index (χ1n) is 10.4. The molecule has 3 rings (SSSR count). The normalized spacial score (nSPS) is 17.0. The highest BCUT2D eigenvalue weighted by molar-refractivity contribution is 5.39. The summed E-state index contributed by atoms with van der Waals surface area (Å²) in [4.78, 5) is 4.82. The fraction of sp³-hybridized carbons (Fsp3) is 0.500. The third-order valence-electron chi connectivity index (χ3n) is 5.41. The lowest BCUT2D eigenvalue weighted by Gasteiger charge is -2.35. The number of aliphatic hydroxyl groups excluding tert-OH is 1. The van der Waals surface area contributed by atoms with Crippen molar-refractivity contribution >= 4 is 0 Å². The van der Waals surface area contributed by atoms with Gasteiger partial charge in [0.2, 0.25) is 0 Å². The smallest absolute Gasteiger partial charge is 0.123 e. The van der Waals surface area contributed by atoms with E-state index in [-0.39, 0.29) is 0 Å². The van der Waals surface area contributed by atoms with Crippen LogP contribution >= 0.6 is 0 Å². The summed E-state index contributed by atoms with van der Waals surface area (Å²) < 4.78 is 6.00. The minimum Gasteiger partial charge on any atom is -0.491 e. The van der Waals surface area contributed by atoms with E-state index in [4.69, 9.17) is 4.74 Å². The van der Waals surface area contributed by atoms with Gasteiger partial charge in [-0.2, -0.15) is 0 Å². The lowest BCUT2D eigenvalue weighted by atomic mass is 10.0. The molecule has 0 amide bonds. The first-order chi connectivity index (χ1) is 13.5. The predicted octanol–water partition coefficient (Wildman–Crippen LogP) is 3.68.